The van der Waals surface area contributed by atoms with E-state index in [1.807, 2.05) is 11.0 Å². The van der Waals surface area contributed by atoms with Gasteiger partial charge in [0.05, 0.1) is 17.9 Å². The highest BCUT2D eigenvalue weighted by Crippen LogP contribution is 2.58. The van der Waals surface area contributed by atoms with E-state index in [1.165, 1.54) is 6.07 Å². The lowest BCUT2D eigenvalue weighted by molar-refractivity contribution is -0.133. The molecule has 1 saturated carbocycles. The second-order valence-electron chi connectivity index (χ2n) is 10.5. The largest absolute Gasteiger partial charge is 0.340 e. The van der Waals surface area contributed by atoms with Crippen LogP contribution in [0.3, 0.4) is 0 Å². The number of likely N-dealkylation sites (tertiary alicyclic amines) is 1. The van der Waals surface area contributed by atoms with Crippen LogP contribution in [0.25, 0.3) is 22.4 Å². The zero-order chi connectivity index (χ0) is 23.8. The molecule has 1 atom stereocenters. The Bertz CT molecular complexity index is 1310. The molecule has 2 fully saturated rings. The van der Waals surface area contributed by atoms with Crippen molar-refractivity contribution in [1.82, 2.24) is 14.9 Å². The predicted octanol–water partition coefficient (Wildman–Crippen LogP) is 7.06. The van der Waals surface area contributed by atoms with Crippen LogP contribution in [-0.2, 0) is 10.7 Å². The summed E-state index contributed by atoms with van der Waals surface area (Å²) in [7, 11) is 0. The molecule has 1 N–H and O–H groups in total. The fraction of sp³-hybridized carbons (Fsp3) is 0.407. The van der Waals surface area contributed by atoms with Crippen LogP contribution in [0.15, 0.2) is 47.1 Å². The Kier molecular flexibility index (Phi) is 4.83. The van der Waals surface area contributed by atoms with Crippen LogP contribution in [0.5, 0.6) is 0 Å². The average molecular weight is 526 g/mol. The molecule has 1 saturated heterocycles. The lowest BCUT2D eigenvalue weighted by atomic mass is 10.0. The first-order valence-corrected chi connectivity index (χ1v) is 12.6. The summed E-state index contributed by atoms with van der Waals surface area (Å²) in [6.07, 6.45) is 5.45. The molecule has 176 valence electrons. The minimum Gasteiger partial charge on any atom is -0.340 e. The molecule has 1 spiro atoms. The fourth-order valence-electron chi connectivity index (χ4n) is 5.58. The molecule has 34 heavy (non-hydrogen) atoms. The number of alkyl halides is 2. The molecule has 6 rings (SSSR count). The quantitative estimate of drug-likeness (QED) is 0.396. The SMILES string of the molecule is CC(C)CC(=O)N1CC2(CC2)CC1c1ncc(-c2ccc3c(c2)C(F)(F)c2cc(Br)ccc2-3)[nH]1. The summed E-state index contributed by atoms with van der Waals surface area (Å²) in [6, 6.07) is 10.1. The van der Waals surface area contributed by atoms with Crippen molar-refractivity contribution in [2.75, 3.05) is 6.54 Å². The van der Waals surface area contributed by atoms with Crippen molar-refractivity contribution in [3.63, 3.8) is 0 Å². The molecule has 3 aromatic rings. The van der Waals surface area contributed by atoms with Gasteiger partial charge >= 0.3 is 0 Å². The summed E-state index contributed by atoms with van der Waals surface area (Å²) in [5, 5.41) is 0. The van der Waals surface area contributed by atoms with Crippen molar-refractivity contribution in [3.8, 4) is 22.4 Å². The predicted molar refractivity (Wildman–Crippen MR) is 130 cm³/mol. The number of halogens is 3. The molecular formula is C27H26BrF2N3O. The molecule has 2 aromatic carbocycles. The van der Waals surface area contributed by atoms with Gasteiger partial charge in [0.1, 0.15) is 5.82 Å². The highest BCUT2D eigenvalue weighted by atomic mass is 79.9. The molecule has 4 nitrogen and oxygen atoms in total. The fourth-order valence-corrected chi connectivity index (χ4v) is 5.94. The molecule has 0 radical (unpaired) electrons. The van der Waals surface area contributed by atoms with Crippen LogP contribution in [0, 0.1) is 11.3 Å². The van der Waals surface area contributed by atoms with Gasteiger partial charge < -0.3 is 9.88 Å². The van der Waals surface area contributed by atoms with Crippen molar-refractivity contribution >= 4 is 21.8 Å². The summed E-state index contributed by atoms with van der Waals surface area (Å²) in [6.45, 7) is 4.90. The summed E-state index contributed by atoms with van der Waals surface area (Å²) in [5.41, 5.74) is 2.77. The molecule has 2 heterocycles. The topological polar surface area (TPSA) is 49.0 Å². The molecule has 3 aliphatic rings. The van der Waals surface area contributed by atoms with Crippen LogP contribution >= 0.6 is 15.9 Å². The maximum atomic E-state index is 15.3. The Morgan fingerprint density at radius 3 is 2.59 bits per heavy atom. The number of aromatic nitrogens is 2. The Morgan fingerprint density at radius 1 is 1.18 bits per heavy atom. The van der Waals surface area contributed by atoms with Crippen molar-refractivity contribution in [1.29, 1.82) is 0 Å². The maximum absolute atomic E-state index is 15.3. The number of H-pyrrole nitrogens is 1. The number of nitrogens with zero attached hydrogens (tertiary/aromatic N) is 2. The Morgan fingerprint density at radius 2 is 1.88 bits per heavy atom. The van der Waals surface area contributed by atoms with E-state index in [4.69, 9.17) is 0 Å². The van der Waals surface area contributed by atoms with Gasteiger partial charge in [-0.1, -0.05) is 48.0 Å². The molecule has 1 unspecified atom stereocenters. The number of carbonyl (C=O) groups is 1. The van der Waals surface area contributed by atoms with E-state index < -0.39 is 5.92 Å². The monoisotopic (exact) mass is 525 g/mol. The third kappa shape index (κ3) is 3.43. The molecular weight excluding hydrogens is 500 g/mol. The van der Waals surface area contributed by atoms with E-state index in [0.717, 1.165) is 31.6 Å². The number of carbonyl (C=O) groups excluding carboxylic acids is 1. The number of fused-ring (bicyclic) bond motifs is 3. The number of hydrogen-bond donors (Lipinski definition) is 1. The van der Waals surface area contributed by atoms with Gasteiger partial charge in [0.2, 0.25) is 5.91 Å². The van der Waals surface area contributed by atoms with E-state index in [1.54, 1.807) is 30.5 Å². The van der Waals surface area contributed by atoms with E-state index >= 15 is 8.78 Å². The lowest BCUT2D eigenvalue weighted by Gasteiger charge is -2.24. The zero-order valence-corrected chi connectivity index (χ0v) is 20.8. The van der Waals surface area contributed by atoms with Crippen molar-refractivity contribution in [3.05, 3.63) is 64.0 Å². The molecule has 2 aliphatic carbocycles. The maximum Gasteiger partial charge on any atom is 0.299 e. The minimum atomic E-state index is -3.06. The molecule has 1 aromatic heterocycles. The molecule has 0 bridgehead atoms. The van der Waals surface area contributed by atoms with Gasteiger partial charge in [0, 0.05) is 34.1 Å². The van der Waals surface area contributed by atoms with E-state index in [-0.39, 0.29) is 28.5 Å². The number of aromatic amines is 1. The summed E-state index contributed by atoms with van der Waals surface area (Å²) in [4.78, 5) is 22.9. The first-order valence-electron chi connectivity index (χ1n) is 11.8. The van der Waals surface area contributed by atoms with Crippen LogP contribution in [0.1, 0.15) is 62.5 Å². The van der Waals surface area contributed by atoms with E-state index in [9.17, 15) is 4.79 Å². The van der Waals surface area contributed by atoms with Crippen LogP contribution in [0.4, 0.5) is 8.78 Å². The van der Waals surface area contributed by atoms with Crippen molar-refractivity contribution in [2.24, 2.45) is 11.3 Å². The van der Waals surface area contributed by atoms with Gasteiger partial charge in [-0.25, -0.2) is 4.98 Å². The van der Waals surface area contributed by atoms with Gasteiger partial charge in [-0.2, -0.15) is 8.78 Å². The third-order valence-electron chi connectivity index (χ3n) is 7.56. The molecule has 1 amide bonds. The van der Waals surface area contributed by atoms with Crippen LogP contribution in [-0.4, -0.2) is 27.3 Å². The smallest absolute Gasteiger partial charge is 0.299 e. The number of nitrogens with one attached hydrogen (secondary N) is 1. The van der Waals surface area contributed by atoms with Gasteiger partial charge in [-0.3, -0.25) is 4.79 Å². The Hall–Kier alpha value is -2.54. The van der Waals surface area contributed by atoms with E-state index in [0.29, 0.717) is 39.2 Å². The van der Waals surface area contributed by atoms with Crippen molar-refractivity contribution < 1.29 is 13.6 Å². The van der Waals surface area contributed by atoms with Gasteiger partial charge in [0.15, 0.2) is 0 Å². The summed E-state index contributed by atoms with van der Waals surface area (Å²) >= 11 is 3.31. The number of benzene rings is 2. The summed E-state index contributed by atoms with van der Waals surface area (Å²) in [5.74, 6) is -1.84. The number of hydrogen-bond acceptors (Lipinski definition) is 2. The minimum absolute atomic E-state index is 0.0146. The van der Waals surface area contributed by atoms with Gasteiger partial charge in [-0.15, -0.1) is 0 Å². The number of rotatable bonds is 4. The zero-order valence-electron chi connectivity index (χ0n) is 19.2. The molecule has 7 heteroatoms. The van der Waals surface area contributed by atoms with Gasteiger partial charge in [-0.05, 0) is 59.9 Å². The average Bonchev–Trinajstić information content (AvgIpc) is 3.13. The van der Waals surface area contributed by atoms with E-state index in [2.05, 4.69) is 39.7 Å². The second-order valence-corrected chi connectivity index (χ2v) is 11.5. The normalized spacial score (nSPS) is 21.2. The Balaban J connectivity index is 1.32. The lowest BCUT2D eigenvalue weighted by Crippen LogP contribution is -2.32. The highest BCUT2D eigenvalue weighted by Gasteiger charge is 2.54. The Labute approximate surface area is 205 Å². The third-order valence-corrected chi connectivity index (χ3v) is 8.05. The first kappa shape index (κ1) is 22.0. The molecule has 1 aliphatic heterocycles. The number of amides is 1. The van der Waals surface area contributed by atoms with Crippen LogP contribution < -0.4 is 0 Å². The van der Waals surface area contributed by atoms with Crippen LogP contribution in [0.2, 0.25) is 0 Å². The first-order chi connectivity index (χ1) is 16.2. The van der Waals surface area contributed by atoms with Crippen molar-refractivity contribution in [2.45, 2.75) is 51.5 Å². The van der Waals surface area contributed by atoms with Gasteiger partial charge in [0.25, 0.3) is 5.92 Å². The highest BCUT2D eigenvalue weighted by molar-refractivity contribution is 9.10. The standard InChI is InChI=1S/C27H26BrF2N3O/c1-15(2)9-24(34)33-14-26(7-8-26)12-23(33)25-31-13-22(32-25)16-3-5-18-19-6-4-17(28)11-21(19)27(29,30)20(18)10-16/h3-6,10-11,13,15,23H,7-9,12,14H2,1-2H3,(H,31,32). The summed E-state index contributed by atoms with van der Waals surface area (Å²) < 4.78 is 31.2. The number of imidazole rings is 1. The second kappa shape index (κ2) is 7.48.